The summed E-state index contributed by atoms with van der Waals surface area (Å²) < 4.78 is 10.9. The standard InChI is InChI=1S/C19H22N8O2/c20-13-15-1-3-16(4-2-15)14-21-25-17-22-18(26-5-9-28-10-6-26)24-19(23-17)27-7-11-29-12-8-27/h1-4,14H,5-12H2,(H,22,23,24,25)/b21-14-. The highest BCUT2D eigenvalue weighted by Gasteiger charge is 2.20. The van der Waals surface area contributed by atoms with Gasteiger partial charge in [-0.3, -0.25) is 0 Å². The molecule has 150 valence electrons. The van der Waals surface area contributed by atoms with Crippen LogP contribution in [0.15, 0.2) is 29.4 Å². The third-order valence-electron chi connectivity index (χ3n) is 4.62. The van der Waals surface area contributed by atoms with Crippen LogP contribution in [0.4, 0.5) is 17.8 Å². The maximum Gasteiger partial charge on any atom is 0.250 e. The Balaban J connectivity index is 1.53. The number of hydrogen-bond donors (Lipinski definition) is 1. The van der Waals surface area contributed by atoms with E-state index in [4.69, 9.17) is 14.7 Å². The average molecular weight is 394 g/mol. The SMILES string of the molecule is N#Cc1ccc(/C=N\Nc2nc(N3CCOCC3)nc(N3CCOCC3)n2)cc1. The van der Waals surface area contributed by atoms with E-state index in [0.717, 1.165) is 31.7 Å². The topological polar surface area (TPSA) is 112 Å². The summed E-state index contributed by atoms with van der Waals surface area (Å²) in [5.74, 6) is 1.61. The molecule has 0 aliphatic carbocycles. The molecule has 10 nitrogen and oxygen atoms in total. The van der Waals surface area contributed by atoms with Crippen molar-refractivity contribution < 1.29 is 9.47 Å². The van der Waals surface area contributed by atoms with Gasteiger partial charge in [0.05, 0.1) is 44.3 Å². The van der Waals surface area contributed by atoms with Gasteiger partial charge < -0.3 is 19.3 Å². The van der Waals surface area contributed by atoms with Gasteiger partial charge in [-0.25, -0.2) is 5.43 Å². The Kier molecular flexibility index (Phi) is 6.09. The summed E-state index contributed by atoms with van der Waals surface area (Å²) in [4.78, 5) is 17.9. The molecule has 0 bridgehead atoms. The number of nitriles is 1. The van der Waals surface area contributed by atoms with Gasteiger partial charge in [0.1, 0.15) is 0 Å². The Labute approximate surface area is 168 Å². The molecule has 1 aromatic heterocycles. The second-order valence-electron chi connectivity index (χ2n) is 6.56. The predicted molar refractivity (Wildman–Crippen MR) is 108 cm³/mol. The first-order valence-corrected chi connectivity index (χ1v) is 9.52. The lowest BCUT2D eigenvalue weighted by atomic mass is 10.2. The van der Waals surface area contributed by atoms with Gasteiger partial charge in [0, 0.05) is 26.2 Å². The Bertz CT molecular complexity index is 848. The highest BCUT2D eigenvalue weighted by Crippen LogP contribution is 2.18. The van der Waals surface area contributed by atoms with Crippen molar-refractivity contribution in [3.05, 3.63) is 35.4 Å². The van der Waals surface area contributed by atoms with Crippen LogP contribution in [-0.2, 0) is 9.47 Å². The second kappa shape index (κ2) is 9.27. The number of benzene rings is 1. The molecule has 4 rings (SSSR count). The lowest BCUT2D eigenvalue weighted by Gasteiger charge is -2.30. The van der Waals surface area contributed by atoms with Crippen molar-refractivity contribution in [2.24, 2.45) is 5.10 Å². The molecule has 10 heteroatoms. The van der Waals surface area contributed by atoms with Crippen molar-refractivity contribution in [3.63, 3.8) is 0 Å². The Hall–Kier alpha value is -3.29. The predicted octanol–water partition coefficient (Wildman–Crippen LogP) is 0.862. The number of anilines is 3. The summed E-state index contributed by atoms with van der Waals surface area (Å²) >= 11 is 0. The van der Waals surface area contributed by atoms with Crippen molar-refractivity contribution in [2.75, 3.05) is 67.8 Å². The van der Waals surface area contributed by atoms with Gasteiger partial charge in [0.15, 0.2) is 0 Å². The van der Waals surface area contributed by atoms with Crippen LogP contribution in [0, 0.1) is 11.3 Å². The minimum absolute atomic E-state index is 0.382. The van der Waals surface area contributed by atoms with E-state index in [1.807, 2.05) is 12.1 Å². The largest absolute Gasteiger partial charge is 0.378 e. The molecule has 0 unspecified atom stereocenters. The number of hydrazone groups is 1. The molecule has 2 fully saturated rings. The number of morpholine rings is 2. The summed E-state index contributed by atoms with van der Waals surface area (Å²) in [6.07, 6.45) is 1.66. The molecule has 3 heterocycles. The summed E-state index contributed by atoms with van der Waals surface area (Å²) in [6.45, 7) is 5.55. The molecular weight excluding hydrogens is 372 g/mol. The first-order valence-electron chi connectivity index (χ1n) is 9.52. The minimum Gasteiger partial charge on any atom is -0.378 e. The van der Waals surface area contributed by atoms with Crippen LogP contribution < -0.4 is 15.2 Å². The molecule has 0 radical (unpaired) electrons. The first kappa shape index (κ1) is 19.0. The summed E-state index contributed by atoms with van der Waals surface area (Å²) in [7, 11) is 0. The van der Waals surface area contributed by atoms with Crippen LogP contribution in [0.3, 0.4) is 0 Å². The number of nitrogens with zero attached hydrogens (tertiary/aromatic N) is 7. The van der Waals surface area contributed by atoms with Gasteiger partial charge in [0.2, 0.25) is 17.8 Å². The quantitative estimate of drug-likeness (QED) is 0.583. The molecule has 2 aliphatic heterocycles. The molecule has 2 aliphatic rings. The zero-order valence-corrected chi connectivity index (χ0v) is 16.0. The van der Waals surface area contributed by atoms with Crippen molar-refractivity contribution in [3.8, 4) is 6.07 Å². The highest BCUT2D eigenvalue weighted by molar-refractivity contribution is 5.80. The zero-order valence-electron chi connectivity index (χ0n) is 16.0. The van der Waals surface area contributed by atoms with Crippen LogP contribution in [-0.4, -0.2) is 73.8 Å². The van der Waals surface area contributed by atoms with Crippen LogP contribution in [0.5, 0.6) is 0 Å². The number of hydrogen-bond acceptors (Lipinski definition) is 10. The van der Waals surface area contributed by atoms with E-state index in [9.17, 15) is 0 Å². The maximum atomic E-state index is 8.88. The lowest BCUT2D eigenvalue weighted by molar-refractivity contribution is 0.121. The molecule has 0 saturated carbocycles. The maximum absolute atomic E-state index is 8.88. The molecular formula is C19H22N8O2. The van der Waals surface area contributed by atoms with Gasteiger partial charge in [-0.15, -0.1) is 0 Å². The third-order valence-corrected chi connectivity index (χ3v) is 4.62. The molecule has 1 N–H and O–H groups in total. The van der Waals surface area contributed by atoms with Gasteiger partial charge >= 0.3 is 0 Å². The van der Waals surface area contributed by atoms with Crippen LogP contribution in [0.25, 0.3) is 0 Å². The van der Waals surface area contributed by atoms with E-state index in [1.165, 1.54) is 0 Å². The van der Waals surface area contributed by atoms with Crippen LogP contribution in [0.2, 0.25) is 0 Å². The van der Waals surface area contributed by atoms with Crippen molar-refractivity contribution >= 4 is 24.1 Å². The molecule has 29 heavy (non-hydrogen) atoms. The number of nitrogens with one attached hydrogen (secondary N) is 1. The number of rotatable bonds is 5. The first-order chi connectivity index (χ1) is 14.3. The smallest absolute Gasteiger partial charge is 0.250 e. The van der Waals surface area contributed by atoms with Gasteiger partial charge in [-0.1, -0.05) is 12.1 Å². The fourth-order valence-electron chi connectivity index (χ4n) is 3.02. The fourth-order valence-corrected chi connectivity index (χ4v) is 3.02. The van der Waals surface area contributed by atoms with Gasteiger partial charge in [-0.05, 0) is 17.7 Å². The van der Waals surface area contributed by atoms with Crippen molar-refractivity contribution in [1.29, 1.82) is 5.26 Å². The van der Waals surface area contributed by atoms with E-state index in [2.05, 4.69) is 41.3 Å². The Morgan fingerprint density at radius 2 is 1.45 bits per heavy atom. The Morgan fingerprint density at radius 3 is 1.97 bits per heavy atom. The van der Waals surface area contributed by atoms with E-state index in [0.29, 0.717) is 49.8 Å². The fraction of sp³-hybridized carbons (Fsp3) is 0.421. The zero-order chi connectivity index (χ0) is 19.9. The van der Waals surface area contributed by atoms with Crippen molar-refractivity contribution in [1.82, 2.24) is 15.0 Å². The van der Waals surface area contributed by atoms with E-state index >= 15 is 0 Å². The Morgan fingerprint density at radius 1 is 0.897 bits per heavy atom. The highest BCUT2D eigenvalue weighted by atomic mass is 16.5. The summed E-state index contributed by atoms with van der Waals surface area (Å²) in [5, 5.41) is 13.1. The minimum atomic E-state index is 0.382. The van der Waals surface area contributed by atoms with E-state index < -0.39 is 0 Å². The molecule has 0 spiro atoms. The van der Waals surface area contributed by atoms with E-state index in [1.54, 1.807) is 18.3 Å². The van der Waals surface area contributed by atoms with Crippen LogP contribution in [0.1, 0.15) is 11.1 Å². The normalized spacial score (nSPS) is 17.3. The molecule has 2 aromatic rings. The molecule has 1 aromatic carbocycles. The summed E-state index contributed by atoms with van der Waals surface area (Å²) in [6, 6.07) is 9.25. The molecule has 0 atom stereocenters. The van der Waals surface area contributed by atoms with Crippen molar-refractivity contribution in [2.45, 2.75) is 0 Å². The monoisotopic (exact) mass is 394 g/mol. The van der Waals surface area contributed by atoms with Crippen LogP contribution >= 0.6 is 0 Å². The van der Waals surface area contributed by atoms with E-state index in [-0.39, 0.29) is 0 Å². The van der Waals surface area contributed by atoms with Gasteiger partial charge in [-0.2, -0.15) is 25.3 Å². The number of aromatic nitrogens is 3. The second-order valence-corrected chi connectivity index (χ2v) is 6.56. The number of ether oxygens (including phenoxy) is 2. The average Bonchev–Trinajstić information content (AvgIpc) is 2.80. The molecule has 2 saturated heterocycles. The van der Waals surface area contributed by atoms with Gasteiger partial charge in [0.25, 0.3) is 0 Å². The third kappa shape index (κ3) is 4.96. The lowest BCUT2D eigenvalue weighted by Crippen LogP contribution is -2.40. The summed E-state index contributed by atoms with van der Waals surface area (Å²) in [5.41, 5.74) is 4.38. The molecule has 0 amide bonds.